The summed E-state index contributed by atoms with van der Waals surface area (Å²) in [4.78, 5) is 52.4. The number of nitrogens with zero attached hydrogens (tertiary/aromatic N) is 2. The average molecular weight is 803 g/mol. The highest BCUT2D eigenvalue weighted by Gasteiger charge is 2.77. The van der Waals surface area contributed by atoms with E-state index in [1.165, 1.54) is 12.1 Å². The maximum Gasteiger partial charge on any atom is 0.258 e. The van der Waals surface area contributed by atoms with Crippen LogP contribution in [0.4, 0.5) is 44.7 Å². The molecule has 6 atom stereocenters. The zero-order valence-corrected chi connectivity index (χ0v) is 29.5. The molecule has 4 aromatic carbocycles. The monoisotopic (exact) mass is 801 g/mol. The number of phenols is 1. The normalized spacial score (nSPS) is 27.5. The number of carbonyl (C=O) groups excluding carboxylic acids is 4. The largest absolute Gasteiger partial charge is 0.508 e. The molecular weight excluding hydrogens is 780 g/mol. The number of hydrogen-bond acceptors (Lipinski definition) is 6. The number of alkyl halides is 2. The van der Waals surface area contributed by atoms with Crippen molar-refractivity contribution >= 4 is 81.2 Å². The van der Waals surface area contributed by atoms with Crippen LogP contribution in [0, 0.1) is 46.8 Å². The Morgan fingerprint density at radius 2 is 1.33 bits per heavy atom. The van der Waals surface area contributed by atoms with Crippen molar-refractivity contribution in [3.05, 3.63) is 124 Å². The van der Waals surface area contributed by atoms with Crippen molar-refractivity contribution in [1.29, 1.82) is 0 Å². The van der Waals surface area contributed by atoms with E-state index in [4.69, 9.17) is 34.8 Å². The molecule has 2 heterocycles. The topological polar surface area (TPSA) is 107 Å². The van der Waals surface area contributed by atoms with Crippen molar-refractivity contribution in [3.63, 3.8) is 0 Å². The predicted octanol–water partition coefficient (Wildman–Crippen LogP) is 8.25. The van der Waals surface area contributed by atoms with E-state index in [-0.39, 0.29) is 38.9 Å². The molecule has 3 fully saturated rings. The Morgan fingerprint density at radius 3 is 1.96 bits per heavy atom. The number of halogens is 8. The van der Waals surface area contributed by atoms with Gasteiger partial charge in [0.1, 0.15) is 11.4 Å². The lowest BCUT2D eigenvalue weighted by atomic mass is 9.56. The molecule has 0 spiro atoms. The third-order valence-electron chi connectivity index (χ3n) is 10.7. The number of benzene rings is 4. The molecule has 0 aromatic heterocycles. The molecule has 2 saturated heterocycles. The van der Waals surface area contributed by atoms with E-state index in [0.29, 0.717) is 5.69 Å². The Labute approximate surface area is 317 Å². The third kappa shape index (κ3) is 4.87. The molecule has 4 aliphatic rings. The summed E-state index contributed by atoms with van der Waals surface area (Å²) in [5, 5.41) is 13.2. The molecule has 4 aromatic rings. The van der Waals surface area contributed by atoms with E-state index in [9.17, 15) is 37.5 Å². The Balaban J connectivity index is 1.24. The summed E-state index contributed by atoms with van der Waals surface area (Å²) < 4.78 is 73.5. The number of amides is 4. The third-order valence-corrected chi connectivity index (χ3v) is 12.4. The highest BCUT2D eigenvalue weighted by atomic mass is 35.5. The van der Waals surface area contributed by atoms with E-state index < -0.39 is 98.2 Å². The number of phenolic OH excluding ortho intramolecular Hbond substituents is 1. The fraction of sp³-hybridized carbons (Fsp3) is 0.211. The molecule has 0 bridgehead atoms. The predicted molar refractivity (Wildman–Crippen MR) is 188 cm³/mol. The van der Waals surface area contributed by atoms with Gasteiger partial charge in [-0.25, -0.2) is 26.9 Å². The number of fused-ring (bicyclic) bond motifs is 4. The van der Waals surface area contributed by atoms with Crippen molar-refractivity contribution in [2.75, 3.05) is 15.1 Å². The number of para-hydroxylation sites is 1. The Hall–Kier alpha value is -4.98. The molecule has 2 aliphatic heterocycles. The molecule has 8 nitrogen and oxygen atoms in total. The Bertz CT molecular complexity index is 2340. The van der Waals surface area contributed by atoms with Crippen LogP contribution < -0.4 is 15.1 Å². The minimum atomic E-state index is -2.74. The molecule has 0 unspecified atom stereocenters. The standard InChI is InChI=1S/C38H23Cl3F5N3O5/c39-24-14-19(50)10-11-21(24)26-20-12-13-22-25(34(52)48(33(22)51)18-8-6-17(7-9-18)47-16-4-2-1-3-5-16)23(20)15-37(40)35(53)49(36(54)38(26,37)41)32-30(45)28(43)27(42)29(44)31(32)46/h1-12,14,22-23,25-26,47,50H,13,15H2/t22-,23+,25-,26+,37+,38-/m0/s1. The summed E-state index contributed by atoms with van der Waals surface area (Å²) in [7, 11) is 0. The lowest BCUT2D eigenvalue weighted by Crippen LogP contribution is -2.60. The van der Waals surface area contributed by atoms with Crippen molar-refractivity contribution < 1.29 is 46.2 Å². The fourth-order valence-electron chi connectivity index (χ4n) is 8.30. The second-order valence-corrected chi connectivity index (χ2v) is 15.1. The number of aromatic hydroxyl groups is 1. The first-order valence-electron chi connectivity index (χ1n) is 16.4. The van der Waals surface area contributed by atoms with Crippen molar-refractivity contribution in [2.24, 2.45) is 17.8 Å². The van der Waals surface area contributed by atoms with E-state index in [1.54, 1.807) is 30.3 Å². The molecule has 2 N–H and O–H groups in total. The van der Waals surface area contributed by atoms with Gasteiger partial charge >= 0.3 is 0 Å². The average Bonchev–Trinajstić information content (AvgIpc) is 3.49. The second-order valence-electron chi connectivity index (χ2n) is 13.4. The van der Waals surface area contributed by atoms with Gasteiger partial charge in [-0.05, 0) is 72.9 Å². The van der Waals surface area contributed by atoms with Gasteiger partial charge in [-0.1, -0.05) is 47.5 Å². The number of imide groups is 2. The van der Waals surface area contributed by atoms with Gasteiger partial charge in [-0.2, -0.15) is 0 Å². The van der Waals surface area contributed by atoms with Crippen LogP contribution in [-0.2, 0) is 19.2 Å². The van der Waals surface area contributed by atoms with Crippen LogP contribution in [0.15, 0.2) is 84.4 Å². The van der Waals surface area contributed by atoms with Gasteiger partial charge in [-0.3, -0.25) is 24.1 Å². The van der Waals surface area contributed by atoms with E-state index in [2.05, 4.69) is 5.32 Å². The van der Waals surface area contributed by atoms with Gasteiger partial charge in [0.25, 0.3) is 11.8 Å². The van der Waals surface area contributed by atoms with Gasteiger partial charge in [0.15, 0.2) is 33.0 Å². The molecule has 276 valence electrons. The fourth-order valence-corrected chi connectivity index (χ4v) is 9.51. The van der Waals surface area contributed by atoms with Crippen LogP contribution in [0.5, 0.6) is 5.75 Å². The van der Waals surface area contributed by atoms with E-state index in [0.717, 1.165) is 16.7 Å². The summed E-state index contributed by atoms with van der Waals surface area (Å²) in [6, 6.07) is 19.3. The van der Waals surface area contributed by atoms with Crippen LogP contribution in [-0.4, -0.2) is 38.5 Å². The number of hydrogen-bond donors (Lipinski definition) is 2. The zero-order valence-electron chi connectivity index (χ0n) is 27.2. The van der Waals surface area contributed by atoms with Crippen LogP contribution >= 0.6 is 34.8 Å². The van der Waals surface area contributed by atoms with Gasteiger partial charge in [0, 0.05) is 22.3 Å². The number of rotatable bonds is 5. The molecule has 54 heavy (non-hydrogen) atoms. The number of anilines is 4. The molecule has 2 aliphatic carbocycles. The van der Waals surface area contributed by atoms with Gasteiger partial charge in [0.05, 0.1) is 17.5 Å². The van der Waals surface area contributed by atoms with E-state index >= 15 is 8.78 Å². The first-order chi connectivity index (χ1) is 25.6. The number of nitrogens with one attached hydrogen (secondary N) is 1. The van der Waals surface area contributed by atoms with Gasteiger partial charge in [-0.15, -0.1) is 23.2 Å². The highest BCUT2D eigenvalue weighted by molar-refractivity contribution is 6.58. The van der Waals surface area contributed by atoms with Crippen LogP contribution in [0.3, 0.4) is 0 Å². The van der Waals surface area contributed by atoms with Gasteiger partial charge < -0.3 is 10.4 Å². The highest BCUT2D eigenvalue weighted by Crippen LogP contribution is 2.66. The first kappa shape index (κ1) is 36.0. The lowest BCUT2D eigenvalue weighted by molar-refractivity contribution is -0.125. The van der Waals surface area contributed by atoms with E-state index in [1.807, 2.05) is 30.3 Å². The van der Waals surface area contributed by atoms with Crippen LogP contribution in [0.2, 0.25) is 5.02 Å². The molecular formula is C38H23Cl3F5N3O5. The SMILES string of the molecule is O=C1[C@H]2[C@H](CC=C3[C@H]2C[C@@]2(Cl)C(=O)N(c4c(F)c(F)c(F)c(F)c4F)C(=O)[C@@]2(Cl)[C@H]3c2ccc(O)cc2Cl)C(=O)N1c1ccc(Nc2ccccc2)cc1. The lowest BCUT2D eigenvalue weighted by Gasteiger charge is -2.50. The molecule has 0 radical (unpaired) electrons. The molecule has 16 heteroatoms. The van der Waals surface area contributed by atoms with Crippen LogP contribution in [0.25, 0.3) is 0 Å². The quantitative estimate of drug-likeness (QED) is 0.0526. The Morgan fingerprint density at radius 1 is 0.722 bits per heavy atom. The first-order valence-corrected chi connectivity index (χ1v) is 17.5. The maximum atomic E-state index is 15.3. The molecule has 8 rings (SSSR count). The zero-order chi connectivity index (χ0) is 38.6. The number of carbonyl (C=O) groups is 4. The second kappa shape index (κ2) is 12.5. The van der Waals surface area contributed by atoms with Crippen LogP contribution in [0.1, 0.15) is 24.3 Å². The summed E-state index contributed by atoms with van der Waals surface area (Å²) >= 11 is 20.8. The van der Waals surface area contributed by atoms with Crippen molar-refractivity contribution in [2.45, 2.75) is 28.5 Å². The summed E-state index contributed by atoms with van der Waals surface area (Å²) in [6.45, 7) is 0. The van der Waals surface area contributed by atoms with Crippen molar-refractivity contribution in [3.8, 4) is 5.75 Å². The smallest absolute Gasteiger partial charge is 0.258 e. The Kier molecular flexibility index (Phi) is 8.36. The van der Waals surface area contributed by atoms with Crippen molar-refractivity contribution in [1.82, 2.24) is 0 Å². The maximum absolute atomic E-state index is 15.3. The summed E-state index contributed by atoms with van der Waals surface area (Å²) in [5.41, 5.74) is 0.0277. The number of allylic oxidation sites excluding steroid dienone is 2. The molecule has 1 saturated carbocycles. The molecule has 4 amide bonds. The minimum Gasteiger partial charge on any atom is -0.508 e. The summed E-state index contributed by atoms with van der Waals surface area (Å²) in [6.07, 6.45) is 0.838. The summed E-state index contributed by atoms with van der Waals surface area (Å²) in [5.74, 6) is -22.0. The van der Waals surface area contributed by atoms with Gasteiger partial charge in [0.2, 0.25) is 17.6 Å². The minimum absolute atomic E-state index is 0.0144.